The number of ether oxygens (including phenoxy) is 3. The van der Waals surface area contributed by atoms with Crippen molar-refractivity contribution in [2.45, 2.75) is 39.8 Å². The lowest BCUT2D eigenvalue weighted by Crippen LogP contribution is -2.31. The van der Waals surface area contributed by atoms with Crippen LogP contribution in [-0.2, 0) is 14.3 Å². The molecule has 1 N–H and O–H groups in total. The number of halogens is 1. The van der Waals surface area contributed by atoms with Gasteiger partial charge in [0.05, 0.1) is 23.3 Å². The summed E-state index contributed by atoms with van der Waals surface area (Å²) in [7, 11) is 0. The maximum absolute atomic E-state index is 13.1. The zero-order valence-corrected chi connectivity index (χ0v) is 19.0. The molecule has 1 unspecified atom stereocenters. The fraction of sp³-hybridized carbons (Fsp3) is 0.292. The van der Waals surface area contributed by atoms with Crippen LogP contribution in [0.3, 0.4) is 0 Å². The largest absolute Gasteiger partial charge is 0.490 e. The predicted octanol–water partition coefficient (Wildman–Crippen LogP) is 4.61. The van der Waals surface area contributed by atoms with E-state index in [0.29, 0.717) is 5.56 Å². The number of fused-ring (bicyclic) bond motifs is 1. The van der Waals surface area contributed by atoms with Crippen molar-refractivity contribution in [3.05, 3.63) is 69.4 Å². The van der Waals surface area contributed by atoms with Gasteiger partial charge in [-0.3, -0.25) is 0 Å². The monoisotopic (exact) mass is 457 g/mol. The van der Waals surface area contributed by atoms with Crippen LogP contribution in [0.15, 0.2) is 36.5 Å². The van der Waals surface area contributed by atoms with Crippen molar-refractivity contribution in [1.29, 1.82) is 0 Å². The van der Waals surface area contributed by atoms with Gasteiger partial charge in [0.2, 0.25) is 0 Å². The molecule has 32 heavy (non-hydrogen) atoms. The summed E-state index contributed by atoms with van der Waals surface area (Å²) in [6.07, 6.45) is 3.15. The molecule has 0 bridgehead atoms. The first kappa shape index (κ1) is 23.3. The van der Waals surface area contributed by atoms with Crippen LogP contribution < -0.4 is 10.1 Å². The Balaban J connectivity index is 1.97. The van der Waals surface area contributed by atoms with Crippen LogP contribution >= 0.6 is 11.6 Å². The van der Waals surface area contributed by atoms with Crippen LogP contribution in [0.1, 0.15) is 64.2 Å². The standard InChI is InChI=1S/C24H24ClNO6/c1-5-30-22(27)19-14(4)20(18(12-17(19)25)31-13(2)3)23(28)32-24(29)21-16-9-7-6-8-15(16)10-11-26-21/h6-13,21,26H,5H2,1-4H3. The van der Waals surface area contributed by atoms with Crippen LogP contribution in [0, 0.1) is 6.92 Å². The molecule has 0 aliphatic carbocycles. The quantitative estimate of drug-likeness (QED) is 0.500. The summed E-state index contributed by atoms with van der Waals surface area (Å²) in [5.41, 5.74) is 1.71. The summed E-state index contributed by atoms with van der Waals surface area (Å²) >= 11 is 6.29. The molecule has 1 atom stereocenters. The van der Waals surface area contributed by atoms with Crippen molar-refractivity contribution in [2.75, 3.05) is 6.61 Å². The van der Waals surface area contributed by atoms with E-state index < -0.39 is 23.9 Å². The summed E-state index contributed by atoms with van der Waals surface area (Å²) in [6, 6.07) is 7.79. The maximum atomic E-state index is 13.1. The van der Waals surface area contributed by atoms with Crippen LogP contribution in [0.25, 0.3) is 6.08 Å². The van der Waals surface area contributed by atoms with Gasteiger partial charge in [0.25, 0.3) is 0 Å². The second kappa shape index (κ2) is 9.87. The Bertz CT molecular complexity index is 1090. The van der Waals surface area contributed by atoms with E-state index in [0.717, 1.165) is 5.56 Å². The smallest absolute Gasteiger partial charge is 0.349 e. The lowest BCUT2D eigenvalue weighted by atomic mass is 9.98. The third-order valence-electron chi connectivity index (χ3n) is 4.80. The number of esters is 3. The van der Waals surface area contributed by atoms with Gasteiger partial charge in [-0.2, -0.15) is 0 Å². The van der Waals surface area contributed by atoms with Crippen LogP contribution in [0.5, 0.6) is 5.75 Å². The molecule has 2 aromatic rings. The Morgan fingerprint density at radius 3 is 2.53 bits per heavy atom. The first-order chi connectivity index (χ1) is 15.2. The van der Waals surface area contributed by atoms with Crippen molar-refractivity contribution in [1.82, 2.24) is 5.32 Å². The highest BCUT2D eigenvalue weighted by atomic mass is 35.5. The predicted molar refractivity (Wildman–Crippen MR) is 120 cm³/mol. The maximum Gasteiger partial charge on any atom is 0.349 e. The van der Waals surface area contributed by atoms with Gasteiger partial charge in [-0.25, -0.2) is 14.4 Å². The van der Waals surface area contributed by atoms with Crippen LogP contribution in [0.4, 0.5) is 0 Å². The SMILES string of the molecule is CCOC(=O)c1c(Cl)cc(OC(C)C)c(C(=O)OC(=O)C2NC=Cc3ccccc32)c1C. The summed E-state index contributed by atoms with van der Waals surface area (Å²) in [4.78, 5) is 38.4. The molecule has 1 aliphatic rings. The molecule has 8 heteroatoms. The minimum absolute atomic E-state index is 0.0214. The molecule has 0 aromatic heterocycles. The summed E-state index contributed by atoms with van der Waals surface area (Å²) in [6.45, 7) is 6.88. The summed E-state index contributed by atoms with van der Waals surface area (Å²) in [5.74, 6) is -2.29. The molecule has 1 aliphatic heterocycles. The molecule has 0 saturated carbocycles. The van der Waals surface area contributed by atoms with Gasteiger partial charge in [0.1, 0.15) is 11.3 Å². The summed E-state index contributed by atoms with van der Waals surface area (Å²) < 4.78 is 16.0. The Morgan fingerprint density at radius 2 is 1.84 bits per heavy atom. The Kier molecular flexibility index (Phi) is 7.20. The second-order valence-electron chi connectivity index (χ2n) is 7.39. The number of hydrogen-bond acceptors (Lipinski definition) is 7. The third kappa shape index (κ3) is 4.78. The van der Waals surface area contributed by atoms with E-state index in [4.69, 9.17) is 25.8 Å². The zero-order chi connectivity index (χ0) is 23.4. The van der Waals surface area contributed by atoms with Crippen molar-refractivity contribution < 1.29 is 28.6 Å². The number of nitrogens with one attached hydrogen (secondary N) is 1. The highest BCUT2D eigenvalue weighted by Crippen LogP contribution is 2.34. The molecule has 0 spiro atoms. The summed E-state index contributed by atoms with van der Waals surface area (Å²) in [5, 5.41) is 2.99. The van der Waals surface area contributed by atoms with E-state index in [1.165, 1.54) is 13.0 Å². The molecule has 0 saturated heterocycles. The molecule has 0 radical (unpaired) electrons. The lowest BCUT2D eigenvalue weighted by molar-refractivity contribution is -0.140. The first-order valence-electron chi connectivity index (χ1n) is 10.2. The number of benzene rings is 2. The minimum atomic E-state index is -0.945. The number of carbonyl (C=O) groups is 3. The average molecular weight is 458 g/mol. The van der Waals surface area contributed by atoms with E-state index in [1.54, 1.807) is 39.1 Å². The Hall–Kier alpha value is -3.32. The fourth-order valence-corrected chi connectivity index (χ4v) is 3.77. The normalized spacial score (nSPS) is 14.4. The van der Waals surface area contributed by atoms with Crippen LogP contribution in [-0.4, -0.2) is 30.6 Å². The van der Waals surface area contributed by atoms with E-state index in [1.807, 2.05) is 18.2 Å². The highest BCUT2D eigenvalue weighted by Gasteiger charge is 2.31. The molecule has 0 amide bonds. The van der Waals surface area contributed by atoms with Crippen molar-refractivity contribution >= 4 is 35.6 Å². The van der Waals surface area contributed by atoms with Gasteiger partial charge in [0.15, 0.2) is 6.04 Å². The van der Waals surface area contributed by atoms with E-state index in [9.17, 15) is 14.4 Å². The van der Waals surface area contributed by atoms with E-state index >= 15 is 0 Å². The van der Waals surface area contributed by atoms with Crippen molar-refractivity contribution in [3.63, 3.8) is 0 Å². The molecule has 0 fully saturated rings. The zero-order valence-electron chi connectivity index (χ0n) is 18.2. The second-order valence-corrected chi connectivity index (χ2v) is 7.80. The van der Waals surface area contributed by atoms with E-state index in [-0.39, 0.29) is 40.2 Å². The number of carbonyl (C=O) groups excluding carboxylic acids is 3. The Morgan fingerprint density at radius 1 is 1.12 bits per heavy atom. The fourth-order valence-electron chi connectivity index (χ4n) is 3.45. The number of rotatable bonds is 6. The van der Waals surface area contributed by atoms with E-state index in [2.05, 4.69) is 5.32 Å². The van der Waals surface area contributed by atoms with Crippen LogP contribution in [0.2, 0.25) is 5.02 Å². The van der Waals surface area contributed by atoms with Gasteiger partial charge in [-0.1, -0.05) is 35.9 Å². The highest BCUT2D eigenvalue weighted by molar-refractivity contribution is 6.34. The Labute approximate surface area is 191 Å². The first-order valence-corrected chi connectivity index (χ1v) is 10.6. The minimum Gasteiger partial charge on any atom is -0.490 e. The van der Waals surface area contributed by atoms with Gasteiger partial charge in [-0.15, -0.1) is 0 Å². The topological polar surface area (TPSA) is 90.9 Å². The molecule has 168 valence electrons. The van der Waals surface area contributed by atoms with Crippen molar-refractivity contribution in [3.8, 4) is 5.75 Å². The van der Waals surface area contributed by atoms with Gasteiger partial charge in [-0.05, 0) is 56.7 Å². The van der Waals surface area contributed by atoms with Crippen molar-refractivity contribution in [2.24, 2.45) is 0 Å². The van der Waals surface area contributed by atoms with Gasteiger partial charge in [0, 0.05) is 6.07 Å². The molecular formula is C24H24ClNO6. The molecule has 3 rings (SSSR count). The third-order valence-corrected chi connectivity index (χ3v) is 5.10. The van der Waals surface area contributed by atoms with Gasteiger partial charge < -0.3 is 19.5 Å². The lowest BCUT2D eigenvalue weighted by Gasteiger charge is -2.22. The molecule has 7 nitrogen and oxygen atoms in total. The number of hydrogen-bond donors (Lipinski definition) is 1. The average Bonchev–Trinajstić information content (AvgIpc) is 2.72. The van der Waals surface area contributed by atoms with Gasteiger partial charge >= 0.3 is 17.9 Å². The molecule has 2 aromatic carbocycles. The molecular weight excluding hydrogens is 434 g/mol. The molecule has 1 heterocycles.